The van der Waals surface area contributed by atoms with Gasteiger partial charge in [0.1, 0.15) is 5.82 Å². The Hall–Kier alpha value is -1.38. The van der Waals surface area contributed by atoms with Crippen LogP contribution in [0.3, 0.4) is 0 Å². The van der Waals surface area contributed by atoms with Crippen LogP contribution in [0.1, 0.15) is 41.6 Å². The number of hydrogen-bond acceptors (Lipinski definition) is 1. The van der Waals surface area contributed by atoms with E-state index >= 15 is 0 Å². The zero-order valence-electron chi connectivity index (χ0n) is 9.05. The second kappa shape index (κ2) is 3.30. The van der Waals surface area contributed by atoms with Gasteiger partial charge in [0.05, 0.1) is 0 Å². The van der Waals surface area contributed by atoms with Crippen molar-refractivity contribution in [3.8, 4) is 0 Å². The van der Waals surface area contributed by atoms with Gasteiger partial charge in [-0.1, -0.05) is 18.9 Å². The molecule has 1 aliphatic heterocycles. The van der Waals surface area contributed by atoms with E-state index in [1.807, 2.05) is 0 Å². The van der Waals surface area contributed by atoms with E-state index in [1.54, 1.807) is 6.07 Å². The van der Waals surface area contributed by atoms with Crippen molar-refractivity contribution >= 4 is 5.91 Å². The number of hydrogen-bond donors (Lipinski definition) is 1. The maximum atomic E-state index is 13.2. The highest BCUT2D eigenvalue weighted by molar-refractivity contribution is 5.97. The lowest BCUT2D eigenvalue weighted by Gasteiger charge is -2.35. The summed E-state index contributed by atoms with van der Waals surface area (Å²) >= 11 is 0. The summed E-state index contributed by atoms with van der Waals surface area (Å²) in [4.78, 5) is 11.7. The van der Waals surface area contributed by atoms with Crippen molar-refractivity contribution in [2.24, 2.45) is 0 Å². The Kier molecular flexibility index (Phi) is 2.03. The summed E-state index contributed by atoms with van der Waals surface area (Å²) in [6.45, 7) is 0.713. The van der Waals surface area contributed by atoms with Gasteiger partial charge in [-0.05, 0) is 30.5 Å². The second-order valence-electron chi connectivity index (χ2n) is 4.86. The molecule has 1 heterocycles. The molecule has 1 aliphatic carbocycles. The number of amides is 1. The molecule has 2 nitrogen and oxygen atoms in total. The fourth-order valence-corrected chi connectivity index (χ4v) is 3.10. The fourth-order valence-electron chi connectivity index (χ4n) is 3.10. The lowest BCUT2D eigenvalue weighted by Crippen LogP contribution is -2.45. The van der Waals surface area contributed by atoms with E-state index in [9.17, 15) is 9.18 Å². The van der Waals surface area contributed by atoms with Crippen LogP contribution in [0, 0.1) is 5.82 Å². The predicted molar refractivity (Wildman–Crippen MR) is 58.9 cm³/mol. The first-order chi connectivity index (χ1) is 7.71. The van der Waals surface area contributed by atoms with Gasteiger partial charge in [-0.3, -0.25) is 4.79 Å². The highest BCUT2D eigenvalue weighted by atomic mass is 19.1. The maximum Gasteiger partial charge on any atom is 0.251 e. The summed E-state index contributed by atoms with van der Waals surface area (Å²) in [5.74, 6) is -0.462. The number of halogens is 1. The first-order valence-corrected chi connectivity index (χ1v) is 5.80. The van der Waals surface area contributed by atoms with E-state index in [0.717, 1.165) is 18.4 Å². The minimum Gasteiger partial charge on any atom is -0.351 e. The highest BCUT2D eigenvalue weighted by Crippen LogP contribution is 2.43. The molecule has 84 valence electrons. The molecule has 1 fully saturated rings. The normalized spacial score (nSPS) is 21.9. The van der Waals surface area contributed by atoms with Crippen LogP contribution in [0.2, 0.25) is 0 Å². The van der Waals surface area contributed by atoms with Crippen LogP contribution >= 0.6 is 0 Å². The Morgan fingerprint density at radius 3 is 2.75 bits per heavy atom. The zero-order valence-corrected chi connectivity index (χ0v) is 9.05. The molecule has 0 unspecified atom stereocenters. The largest absolute Gasteiger partial charge is 0.351 e. The molecule has 1 saturated carbocycles. The van der Waals surface area contributed by atoms with Gasteiger partial charge in [0.15, 0.2) is 0 Å². The van der Waals surface area contributed by atoms with Crippen molar-refractivity contribution in [1.82, 2.24) is 5.32 Å². The molecule has 1 aromatic carbocycles. The van der Waals surface area contributed by atoms with Crippen molar-refractivity contribution in [3.63, 3.8) is 0 Å². The molecule has 3 rings (SSSR count). The van der Waals surface area contributed by atoms with Crippen molar-refractivity contribution < 1.29 is 9.18 Å². The Bertz CT molecular complexity index is 449. The van der Waals surface area contributed by atoms with Crippen molar-refractivity contribution in [2.75, 3.05) is 6.54 Å². The molecule has 0 atom stereocenters. The number of nitrogens with one attached hydrogen (secondary N) is 1. The SMILES string of the molecule is O=C1NCC2(CCCC2)c2ccc(F)cc21. The molecular formula is C13H14FNO. The molecule has 0 radical (unpaired) electrons. The van der Waals surface area contributed by atoms with Crippen LogP contribution in [0.25, 0.3) is 0 Å². The Morgan fingerprint density at radius 1 is 1.25 bits per heavy atom. The zero-order chi connectivity index (χ0) is 11.2. The predicted octanol–water partition coefficient (Wildman–Crippen LogP) is 2.38. The van der Waals surface area contributed by atoms with Crippen LogP contribution < -0.4 is 5.32 Å². The minimum atomic E-state index is -0.330. The summed E-state index contributed by atoms with van der Waals surface area (Å²) in [5.41, 5.74) is 1.67. The summed E-state index contributed by atoms with van der Waals surface area (Å²) in [7, 11) is 0. The van der Waals surface area contributed by atoms with Gasteiger partial charge in [-0.15, -0.1) is 0 Å². The first-order valence-electron chi connectivity index (χ1n) is 5.80. The van der Waals surface area contributed by atoms with E-state index in [-0.39, 0.29) is 17.1 Å². The average Bonchev–Trinajstić information content (AvgIpc) is 2.74. The van der Waals surface area contributed by atoms with E-state index in [4.69, 9.17) is 0 Å². The molecule has 0 aromatic heterocycles. The topological polar surface area (TPSA) is 29.1 Å². The molecule has 0 bridgehead atoms. The van der Waals surface area contributed by atoms with E-state index < -0.39 is 0 Å². The monoisotopic (exact) mass is 219 g/mol. The molecule has 1 spiro atoms. The van der Waals surface area contributed by atoms with Gasteiger partial charge in [-0.25, -0.2) is 4.39 Å². The molecule has 1 N–H and O–H groups in total. The number of benzene rings is 1. The van der Waals surface area contributed by atoms with Crippen molar-refractivity contribution in [1.29, 1.82) is 0 Å². The molecule has 1 amide bonds. The second-order valence-corrected chi connectivity index (χ2v) is 4.86. The maximum absolute atomic E-state index is 13.2. The molecule has 16 heavy (non-hydrogen) atoms. The van der Waals surface area contributed by atoms with Gasteiger partial charge in [0, 0.05) is 17.5 Å². The third-order valence-corrected chi connectivity index (χ3v) is 3.95. The van der Waals surface area contributed by atoms with Crippen LogP contribution in [0.5, 0.6) is 0 Å². The number of carbonyl (C=O) groups excluding carboxylic acids is 1. The third-order valence-electron chi connectivity index (χ3n) is 3.95. The summed E-state index contributed by atoms with van der Waals surface area (Å²) in [6.07, 6.45) is 4.61. The Balaban J connectivity index is 2.16. The van der Waals surface area contributed by atoms with Crippen LogP contribution in [0.15, 0.2) is 18.2 Å². The van der Waals surface area contributed by atoms with Gasteiger partial charge in [0.25, 0.3) is 5.91 Å². The van der Waals surface area contributed by atoms with Gasteiger partial charge < -0.3 is 5.32 Å². The first kappa shape index (κ1) is 9.82. The Labute approximate surface area is 93.9 Å². The lowest BCUT2D eigenvalue weighted by atomic mass is 9.74. The summed E-state index contributed by atoms with van der Waals surface area (Å²) < 4.78 is 13.2. The van der Waals surface area contributed by atoms with Gasteiger partial charge in [0.2, 0.25) is 0 Å². The van der Waals surface area contributed by atoms with E-state index in [2.05, 4.69) is 5.32 Å². The molecule has 2 aliphatic rings. The molecule has 0 saturated heterocycles. The molecule has 1 aromatic rings. The van der Waals surface area contributed by atoms with Crippen LogP contribution in [0.4, 0.5) is 4.39 Å². The van der Waals surface area contributed by atoms with E-state index in [1.165, 1.54) is 25.0 Å². The average molecular weight is 219 g/mol. The molecule has 3 heteroatoms. The minimum absolute atomic E-state index is 0.0803. The summed E-state index contributed by atoms with van der Waals surface area (Å²) in [6, 6.07) is 4.64. The van der Waals surface area contributed by atoms with Gasteiger partial charge in [-0.2, -0.15) is 0 Å². The van der Waals surface area contributed by atoms with Crippen molar-refractivity contribution in [3.05, 3.63) is 35.1 Å². The third kappa shape index (κ3) is 1.27. The smallest absolute Gasteiger partial charge is 0.251 e. The van der Waals surface area contributed by atoms with Crippen LogP contribution in [-0.4, -0.2) is 12.5 Å². The quantitative estimate of drug-likeness (QED) is 0.713. The van der Waals surface area contributed by atoms with E-state index in [0.29, 0.717) is 12.1 Å². The highest BCUT2D eigenvalue weighted by Gasteiger charge is 2.41. The lowest BCUT2D eigenvalue weighted by molar-refractivity contribution is 0.0924. The number of carbonyl (C=O) groups is 1. The fraction of sp³-hybridized carbons (Fsp3) is 0.462. The standard InChI is InChI=1S/C13H14FNO/c14-9-3-4-11-10(7-9)12(16)15-8-13(11)5-1-2-6-13/h3-4,7H,1-2,5-6,8H2,(H,15,16). The van der Waals surface area contributed by atoms with Crippen molar-refractivity contribution in [2.45, 2.75) is 31.1 Å². The Morgan fingerprint density at radius 2 is 2.00 bits per heavy atom. The summed E-state index contributed by atoms with van der Waals surface area (Å²) in [5, 5.41) is 2.89. The number of rotatable bonds is 0. The molecular weight excluding hydrogens is 205 g/mol. The van der Waals surface area contributed by atoms with Gasteiger partial charge >= 0.3 is 0 Å². The number of fused-ring (bicyclic) bond motifs is 2. The van der Waals surface area contributed by atoms with Crippen LogP contribution in [-0.2, 0) is 5.41 Å².